The van der Waals surface area contributed by atoms with Gasteiger partial charge in [0.25, 0.3) is 0 Å². The largest absolute Gasteiger partial charge is 0.365 e. The molecular weight excluding hydrogens is 188 g/mol. The maximum Gasteiger partial charge on any atom is 0.186 e. The van der Waals surface area contributed by atoms with E-state index in [1.165, 1.54) is 25.7 Å². The third-order valence-electron chi connectivity index (χ3n) is 3.07. The average molecular weight is 206 g/mol. The molecule has 2 rings (SSSR count). The molecule has 1 aliphatic rings. The van der Waals surface area contributed by atoms with Crippen LogP contribution in [0.15, 0.2) is 17.1 Å². The van der Waals surface area contributed by atoms with Crippen molar-refractivity contribution in [2.45, 2.75) is 45.2 Å². The van der Waals surface area contributed by atoms with Crippen molar-refractivity contribution in [2.24, 2.45) is 0 Å². The number of rotatable bonds is 3. The van der Waals surface area contributed by atoms with E-state index in [4.69, 9.17) is 0 Å². The lowest BCUT2D eigenvalue weighted by molar-refractivity contribution is 0.522. The third-order valence-corrected chi connectivity index (χ3v) is 3.07. The van der Waals surface area contributed by atoms with Crippen LogP contribution in [-0.2, 0) is 6.54 Å². The van der Waals surface area contributed by atoms with Crippen LogP contribution in [0.4, 0.5) is 0 Å². The molecule has 1 saturated carbocycles. The molecule has 0 radical (unpaired) electrons. The second-order valence-electron chi connectivity index (χ2n) is 4.37. The highest BCUT2D eigenvalue weighted by Gasteiger charge is 2.14. The molecular formula is C12H18N2O. The van der Waals surface area contributed by atoms with Gasteiger partial charge < -0.3 is 10.3 Å². The number of nitrogens with one attached hydrogen (secondary N) is 2. The standard InChI is InChI=1S/C12H18N2O/c1-9-6-12(15)10(7-13-9)8-14-11-4-2-3-5-11/h6-7,11,14H,2-5,8H2,1H3,(H,13,15). The molecule has 0 unspecified atom stereocenters. The lowest BCUT2D eigenvalue weighted by Gasteiger charge is -2.11. The molecule has 0 amide bonds. The van der Waals surface area contributed by atoms with E-state index < -0.39 is 0 Å². The lowest BCUT2D eigenvalue weighted by atomic mass is 10.2. The van der Waals surface area contributed by atoms with Gasteiger partial charge in [0.05, 0.1) is 0 Å². The molecule has 0 aliphatic heterocycles. The Morgan fingerprint density at radius 2 is 2.20 bits per heavy atom. The van der Waals surface area contributed by atoms with E-state index in [0.717, 1.165) is 11.3 Å². The molecule has 0 atom stereocenters. The van der Waals surface area contributed by atoms with Gasteiger partial charge >= 0.3 is 0 Å². The monoisotopic (exact) mass is 206 g/mol. The zero-order valence-electron chi connectivity index (χ0n) is 9.18. The van der Waals surface area contributed by atoms with Crippen LogP contribution in [0, 0.1) is 6.92 Å². The Labute approximate surface area is 89.9 Å². The van der Waals surface area contributed by atoms with Crippen molar-refractivity contribution >= 4 is 0 Å². The van der Waals surface area contributed by atoms with Gasteiger partial charge in [-0.25, -0.2) is 0 Å². The van der Waals surface area contributed by atoms with Gasteiger partial charge in [0.15, 0.2) is 5.43 Å². The Hall–Kier alpha value is -1.09. The summed E-state index contributed by atoms with van der Waals surface area (Å²) < 4.78 is 0. The highest BCUT2D eigenvalue weighted by molar-refractivity contribution is 5.13. The van der Waals surface area contributed by atoms with Crippen LogP contribution >= 0.6 is 0 Å². The van der Waals surface area contributed by atoms with Crippen molar-refractivity contribution in [1.82, 2.24) is 10.3 Å². The summed E-state index contributed by atoms with van der Waals surface area (Å²) in [5.41, 5.74) is 1.90. The molecule has 3 heteroatoms. The number of pyridine rings is 1. The predicted octanol–water partition coefficient (Wildman–Crippen LogP) is 1.72. The molecule has 1 aromatic rings. The van der Waals surface area contributed by atoms with Crippen LogP contribution in [0.25, 0.3) is 0 Å². The minimum absolute atomic E-state index is 0.136. The van der Waals surface area contributed by atoms with E-state index in [-0.39, 0.29) is 5.43 Å². The number of aryl methyl sites for hydroxylation is 1. The van der Waals surface area contributed by atoms with Crippen molar-refractivity contribution in [3.05, 3.63) is 33.7 Å². The Morgan fingerprint density at radius 1 is 1.47 bits per heavy atom. The van der Waals surface area contributed by atoms with E-state index in [1.54, 1.807) is 6.07 Å². The summed E-state index contributed by atoms with van der Waals surface area (Å²) in [5, 5.41) is 3.44. The van der Waals surface area contributed by atoms with E-state index in [1.807, 2.05) is 13.1 Å². The van der Waals surface area contributed by atoms with Gasteiger partial charge in [0.1, 0.15) is 0 Å². The van der Waals surface area contributed by atoms with Crippen LogP contribution in [-0.4, -0.2) is 11.0 Å². The molecule has 1 heterocycles. The van der Waals surface area contributed by atoms with Crippen molar-refractivity contribution in [3.63, 3.8) is 0 Å². The fourth-order valence-corrected chi connectivity index (χ4v) is 2.13. The minimum atomic E-state index is 0.136. The molecule has 1 fully saturated rings. The summed E-state index contributed by atoms with van der Waals surface area (Å²) >= 11 is 0. The number of aromatic nitrogens is 1. The Balaban J connectivity index is 1.95. The zero-order chi connectivity index (χ0) is 10.7. The summed E-state index contributed by atoms with van der Waals surface area (Å²) in [6.07, 6.45) is 6.97. The quantitative estimate of drug-likeness (QED) is 0.791. The van der Waals surface area contributed by atoms with E-state index in [9.17, 15) is 4.79 Å². The normalized spacial score (nSPS) is 17.1. The number of hydrogen-bond acceptors (Lipinski definition) is 2. The molecule has 0 saturated heterocycles. The van der Waals surface area contributed by atoms with Crippen LogP contribution in [0.1, 0.15) is 36.9 Å². The summed E-state index contributed by atoms with van der Waals surface area (Å²) in [5.74, 6) is 0. The van der Waals surface area contributed by atoms with Crippen molar-refractivity contribution in [2.75, 3.05) is 0 Å². The van der Waals surface area contributed by atoms with Crippen LogP contribution in [0.2, 0.25) is 0 Å². The molecule has 1 aliphatic carbocycles. The highest BCUT2D eigenvalue weighted by Crippen LogP contribution is 2.17. The van der Waals surface area contributed by atoms with Gasteiger partial charge in [-0.2, -0.15) is 0 Å². The Bertz CT molecular complexity index is 377. The van der Waals surface area contributed by atoms with Gasteiger partial charge in [-0.15, -0.1) is 0 Å². The molecule has 0 aromatic carbocycles. The maximum atomic E-state index is 11.6. The molecule has 2 N–H and O–H groups in total. The first kappa shape index (κ1) is 10.4. The molecule has 1 aromatic heterocycles. The van der Waals surface area contributed by atoms with E-state index in [0.29, 0.717) is 12.6 Å². The Morgan fingerprint density at radius 3 is 2.87 bits per heavy atom. The first-order valence-electron chi connectivity index (χ1n) is 5.67. The Kier molecular flexibility index (Phi) is 3.21. The lowest BCUT2D eigenvalue weighted by Crippen LogP contribution is -2.28. The van der Waals surface area contributed by atoms with Crippen LogP contribution in [0.5, 0.6) is 0 Å². The van der Waals surface area contributed by atoms with Crippen molar-refractivity contribution < 1.29 is 0 Å². The van der Waals surface area contributed by atoms with Gasteiger partial charge in [-0.3, -0.25) is 4.79 Å². The van der Waals surface area contributed by atoms with Gasteiger partial charge in [-0.05, 0) is 19.8 Å². The topological polar surface area (TPSA) is 44.9 Å². The van der Waals surface area contributed by atoms with Crippen LogP contribution < -0.4 is 10.7 Å². The molecule has 3 nitrogen and oxygen atoms in total. The SMILES string of the molecule is Cc1cc(=O)c(CNC2CCCC2)c[nH]1. The van der Waals surface area contributed by atoms with Gasteiger partial charge in [0, 0.05) is 36.1 Å². The van der Waals surface area contributed by atoms with Crippen molar-refractivity contribution in [3.8, 4) is 0 Å². The van der Waals surface area contributed by atoms with Crippen LogP contribution in [0.3, 0.4) is 0 Å². The smallest absolute Gasteiger partial charge is 0.186 e. The molecule has 0 spiro atoms. The number of H-pyrrole nitrogens is 1. The summed E-state index contributed by atoms with van der Waals surface area (Å²) in [6.45, 7) is 2.59. The summed E-state index contributed by atoms with van der Waals surface area (Å²) in [6, 6.07) is 2.27. The van der Waals surface area contributed by atoms with Gasteiger partial charge in [0.2, 0.25) is 0 Å². The molecule has 0 bridgehead atoms. The molecule has 82 valence electrons. The zero-order valence-corrected chi connectivity index (χ0v) is 9.18. The fourth-order valence-electron chi connectivity index (χ4n) is 2.13. The summed E-state index contributed by atoms with van der Waals surface area (Å²) in [4.78, 5) is 14.7. The second kappa shape index (κ2) is 4.62. The first-order valence-corrected chi connectivity index (χ1v) is 5.67. The predicted molar refractivity (Wildman–Crippen MR) is 60.9 cm³/mol. The van der Waals surface area contributed by atoms with E-state index in [2.05, 4.69) is 10.3 Å². The second-order valence-corrected chi connectivity index (χ2v) is 4.37. The van der Waals surface area contributed by atoms with Crippen molar-refractivity contribution in [1.29, 1.82) is 0 Å². The number of hydrogen-bond donors (Lipinski definition) is 2. The third kappa shape index (κ3) is 2.69. The fraction of sp³-hybridized carbons (Fsp3) is 0.583. The average Bonchev–Trinajstić information content (AvgIpc) is 2.69. The highest BCUT2D eigenvalue weighted by atomic mass is 16.1. The minimum Gasteiger partial charge on any atom is -0.365 e. The molecule has 15 heavy (non-hydrogen) atoms. The first-order chi connectivity index (χ1) is 7.25. The number of aromatic amines is 1. The van der Waals surface area contributed by atoms with Gasteiger partial charge in [-0.1, -0.05) is 12.8 Å². The summed E-state index contributed by atoms with van der Waals surface area (Å²) in [7, 11) is 0. The van der Waals surface area contributed by atoms with E-state index >= 15 is 0 Å². The maximum absolute atomic E-state index is 11.6.